The van der Waals surface area contributed by atoms with Crippen LogP contribution in [0.4, 0.5) is 0 Å². The highest BCUT2D eigenvalue weighted by atomic mass is 14.8. The fourth-order valence-corrected chi connectivity index (χ4v) is 3.53. The van der Waals surface area contributed by atoms with Gasteiger partial charge in [0.2, 0.25) is 0 Å². The molecule has 1 aromatic rings. The zero-order chi connectivity index (χ0) is 10.3. The van der Waals surface area contributed by atoms with Gasteiger partial charge >= 0.3 is 0 Å². The van der Waals surface area contributed by atoms with Gasteiger partial charge in [-0.25, -0.2) is 0 Å². The Hall–Kier alpha value is -0.820. The Labute approximate surface area is 91.7 Å². The molecule has 0 aromatic heterocycles. The fourth-order valence-electron chi connectivity index (χ4n) is 3.53. The van der Waals surface area contributed by atoms with Crippen molar-refractivity contribution in [2.24, 2.45) is 11.7 Å². The molecule has 2 atom stereocenters. The van der Waals surface area contributed by atoms with E-state index in [0.717, 1.165) is 5.92 Å². The second-order valence-electron chi connectivity index (χ2n) is 5.20. The Morgan fingerprint density at radius 3 is 2.20 bits per heavy atom. The summed E-state index contributed by atoms with van der Waals surface area (Å²) in [4.78, 5) is 0. The lowest BCUT2D eigenvalue weighted by atomic mass is 9.81. The Morgan fingerprint density at radius 1 is 1.07 bits per heavy atom. The summed E-state index contributed by atoms with van der Waals surface area (Å²) < 4.78 is 0. The summed E-state index contributed by atoms with van der Waals surface area (Å²) in [6.45, 7) is 0. The topological polar surface area (TPSA) is 26.0 Å². The van der Waals surface area contributed by atoms with Gasteiger partial charge in [0.25, 0.3) is 0 Å². The first-order valence-corrected chi connectivity index (χ1v) is 6.15. The quantitative estimate of drug-likeness (QED) is 0.782. The van der Waals surface area contributed by atoms with Gasteiger partial charge in [0.15, 0.2) is 0 Å². The van der Waals surface area contributed by atoms with Crippen LogP contribution in [-0.4, -0.2) is 6.04 Å². The highest BCUT2D eigenvalue weighted by Crippen LogP contribution is 2.57. The molecule has 1 nitrogen and oxygen atoms in total. The second kappa shape index (κ2) is 3.34. The average molecular weight is 201 g/mol. The van der Waals surface area contributed by atoms with Gasteiger partial charge < -0.3 is 5.73 Å². The Morgan fingerprint density at radius 2 is 1.67 bits per heavy atom. The molecule has 0 heterocycles. The zero-order valence-corrected chi connectivity index (χ0v) is 9.15. The number of rotatable bonds is 2. The molecule has 0 saturated heterocycles. The predicted molar refractivity (Wildman–Crippen MR) is 62.7 cm³/mol. The van der Waals surface area contributed by atoms with Crippen molar-refractivity contribution in [1.82, 2.24) is 0 Å². The molecule has 1 heteroatoms. The molecule has 80 valence electrons. The fraction of sp³-hybridized carbons (Fsp3) is 0.571. The van der Waals surface area contributed by atoms with Crippen molar-refractivity contribution < 1.29 is 0 Å². The van der Waals surface area contributed by atoms with Gasteiger partial charge in [-0.3, -0.25) is 0 Å². The molecule has 3 rings (SSSR count). The van der Waals surface area contributed by atoms with Crippen LogP contribution in [0.2, 0.25) is 0 Å². The lowest BCUT2D eigenvalue weighted by Crippen LogP contribution is -2.26. The van der Waals surface area contributed by atoms with E-state index in [0.29, 0.717) is 11.5 Å². The molecule has 2 N–H and O–H groups in total. The average Bonchev–Trinajstić information content (AvgIpc) is 2.75. The van der Waals surface area contributed by atoms with Crippen LogP contribution in [0.3, 0.4) is 0 Å². The Kier molecular flexibility index (Phi) is 2.10. The van der Waals surface area contributed by atoms with E-state index >= 15 is 0 Å². The molecule has 0 bridgehead atoms. The lowest BCUT2D eigenvalue weighted by Gasteiger charge is -2.24. The summed E-state index contributed by atoms with van der Waals surface area (Å²) in [6.07, 6.45) is 6.81. The summed E-state index contributed by atoms with van der Waals surface area (Å²) in [6, 6.07) is 11.4. The normalized spacial score (nSPS) is 35.7. The van der Waals surface area contributed by atoms with Crippen molar-refractivity contribution >= 4 is 0 Å². The molecule has 0 spiro atoms. The Bertz CT molecular complexity index is 340. The standard InChI is InChI=1S/C14H19N/c15-13-10-14(13,12-8-4-5-9-12)11-6-2-1-3-7-11/h1-3,6-7,12-13H,4-5,8-10,15H2/t13-,14?/m1/s1. The summed E-state index contributed by atoms with van der Waals surface area (Å²) in [5, 5.41) is 0. The monoisotopic (exact) mass is 201 g/mol. The lowest BCUT2D eigenvalue weighted by molar-refractivity contribution is 0.404. The third kappa shape index (κ3) is 1.33. The van der Waals surface area contributed by atoms with Gasteiger partial charge in [0.1, 0.15) is 0 Å². The summed E-state index contributed by atoms with van der Waals surface area (Å²) >= 11 is 0. The number of hydrogen-bond donors (Lipinski definition) is 1. The predicted octanol–water partition coefficient (Wildman–Crippen LogP) is 2.85. The number of nitrogens with two attached hydrogens (primary N) is 1. The molecule has 2 saturated carbocycles. The van der Waals surface area contributed by atoms with E-state index in [9.17, 15) is 0 Å². The minimum absolute atomic E-state index is 0.359. The Balaban J connectivity index is 1.94. The van der Waals surface area contributed by atoms with Crippen LogP contribution in [0.15, 0.2) is 30.3 Å². The van der Waals surface area contributed by atoms with Gasteiger partial charge in [0, 0.05) is 11.5 Å². The maximum absolute atomic E-state index is 6.21. The summed E-state index contributed by atoms with van der Waals surface area (Å²) in [5.74, 6) is 0.856. The third-order valence-corrected chi connectivity index (χ3v) is 4.45. The van der Waals surface area contributed by atoms with Gasteiger partial charge in [-0.1, -0.05) is 43.2 Å². The van der Waals surface area contributed by atoms with Crippen molar-refractivity contribution in [3.05, 3.63) is 35.9 Å². The van der Waals surface area contributed by atoms with Gasteiger partial charge in [-0.2, -0.15) is 0 Å². The SMILES string of the molecule is N[C@@H]1CC1(c1ccccc1)C1CCCC1. The molecule has 2 fully saturated rings. The molecule has 2 aliphatic rings. The van der Waals surface area contributed by atoms with Gasteiger partial charge in [0.05, 0.1) is 0 Å². The highest BCUT2D eigenvalue weighted by Gasteiger charge is 2.57. The maximum Gasteiger partial charge on any atom is 0.0149 e. The van der Waals surface area contributed by atoms with Crippen LogP contribution >= 0.6 is 0 Å². The van der Waals surface area contributed by atoms with Crippen molar-refractivity contribution in [2.45, 2.75) is 43.6 Å². The number of benzene rings is 1. The van der Waals surface area contributed by atoms with E-state index in [-0.39, 0.29) is 0 Å². The van der Waals surface area contributed by atoms with Crippen LogP contribution in [0.1, 0.15) is 37.7 Å². The molecule has 0 radical (unpaired) electrons. The van der Waals surface area contributed by atoms with Crippen molar-refractivity contribution in [3.63, 3.8) is 0 Å². The van der Waals surface area contributed by atoms with Crippen LogP contribution < -0.4 is 5.73 Å². The molecule has 15 heavy (non-hydrogen) atoms. The van der Waals surface area contributed by atoms with E-state index in [2.05, 4.69) is 30.3 Å². The minimum Gasteiger partial charge on any atom is -0.327 e. The second-order valence-corrected chi connectivity index (χ2v) is 5.20. The molecule has 0 aliphatic heterocycles. The van der Waals surface area contributed by atoms with Crippen molar-refractivity contribution in [1.29, 1.82) is 0 Å². The van der Waals surface area contributed by atoms with Crippen molar-refractivity contribution in [2.75, 3.05) is 0 Å². The van der Waals surface area contributed by atoms with Gasteiger partial charge in [-0.15, -0.1) is 0 Å². The summed E-state index contributed by atoms with van der Waals surface area (Å²) in [7, 11) is 0. The van der Waals surface area contributed by atoms with Gasteiger partial charge in [-0.05, 0) is 30.7 Å². The van der Waals surface area contributed by atoms with Crippen LogP contribution in [0.5, 0.6) is 0 Å². The first-order valence-electron chi connectivity index (χ1n) is 6.15. The van der Waals surface area contributed by atoms with Crippen molar-refractivity contribution in [3.8, 4) is 0 Å². The van der Waals surface area contributed by atoms with Crippen LogP contribution in [-0.2, 0) is 5.41 Å². The third-order valence-electron chi connectivity index (χ3n) is 4.45. The largest absolute Gasteiger partial charge is 0.327 e. The van der Waals surface area contributed by atoms with E-state index < -0.39 is 0 Å². The molecular weight excluding hydrogens is 182 g/mol. The van der Waals surface area contributed by atoms with E-state index in [1.54, 1.807) is 0 Å². The van der Waals surface area contributed by atoms with E-state index in [1.807, 2.05) is 0 Å². The first-order chi connectivity index (χ1) is 7.34. The van der Waals surface area contributed by atoms with E-state index in [1.165, 1.54) is 37.7 Å². The molecule has 2 aliphatic carbocycles. The summed E-state index contributed by atoms with van der Waals surface area (Å²) in [5.41, 5.74) is 8.06. The molecule has 0 amide bonds. The zero-order valence-electron chi connectivity index (χ0n) is 9.15. The minimum atomic E-state index is 0.359. The molecule has 1 aromatic carbocycles. The van der Waals surface area contributed by atoms with E-state index in [4.69, 9.17) is 5.73 Å². The smallest absolute Gasteiger partial charge is 0.0149 e. The first kappa shape index (κ1) is 9.41. The molecule has 1 unspecified atom stereocenters. The highest BCUT2D eigenvalue weighted by molar-refractivity contribution is 5.37. The maximum atomic E-state index is 6.21. The van der Waals surface area contributed by atoms with Crippen LogP contribution in [0.25, 0.3) is 0 Å². The van der Waals surface area contributed by atoms with Crippen LogP contribution in [0, 0.1) is 5.92 Å². The number of hydrogen-bond acceptors (Lipinski definition) is 1. The molecular formula is C14H19N.